The quantitative estimate of drug-likeness (QED) is 0.762. The third kappa shape index (κ3) is 1.08. The van der Waals surface area contributed by atoms with Crippen molar-refractivity contribution in [1.29, 1.82) is 0 Å². The molecule has 4 rings (SSSR count). The Hall–Kier alpha value is -1.29. The Balaban J connectivity index is 1.93. The van der Waals surface area contributed by atoms with Gasteiger partial charge in [0.25, 0.3) is 0 Å². The van der Waals surface area contributed by atoms with Crippen molar-refractivity contribution in [1.82, 2.24) is 4.90 Å². The number of hydrogen-bond acceptors (Lipinski definition) is 3. The van der Waals surface area contributed by atoms with Crippen molar-refractivity contribution >= 4 is 5.91 Å². The van der Waals surface area contributed by atoms with Gasteiger partial charge < -0.3 is 14.4 Å². The highest BCUT2D eigenvalue weighted by Gasteiger charge is 2.58. The van der Waals surface area contributed by atoms with Crippen LogP contribution in [0.3, 0.4) is 0 Å². The molecule has 1 amide bonds. The normalized spacial score (nSPS) is 38.3. The molecule has 4 heteroatoms. The van der Waals surface area contributed by atoms with Crippen LogP contribution in [0.25, 0.3) is 0 Å². The summed E-state index contributed by atoms with van der Waals surface area (Å²) in [6.45, 7) is 0.399. The molecule has 18 heavy (non-hydrogen) atoms. The van der Waals surface area contributed by atoms with Gasteiger partial charge in [-0.25, -0.2) is 0 Å². The number of rotatable bonds is 0. The maximum Gasteiger partial charge on any atom is 0.223 e. The minimum Gasteiger partial charge on any atom is -0.466 e. The summed E-state index contributed by atoms with van der Waals surface area (Å²) in [5, 5.41) is 10.1. The molecule has 1 aromatic rings. The fourth-order valence-corrected chi connectivity index (χ4v) is 4.36. The summed E-state index contributed by atoms with van der Waals surface area (Å²) in [5.41, 5.74) is 0.897. The average Bonchev–Trinajstić information content (AvgIpc) is 2.94. The second-order valence-corrected chi connectivity index (χ2v) is 5.79. The Morgan fingerprint density at radius 2 is 2.33 bits per heavy atom. The van der Waals surface area contributed by atoms with Crippen LogP contribution >= 0.6 is 0 Å². The number of hydrogen-bond donors (Lipinski definition) is 1. The van der Waals surface area contributed by atoms with E-state index >= 15 is 0 Å². The summed E-state index contributed by atoms with van der Waals surface area (Å²) >= 11 is 0. The number of nitrogens with zero attached hydrogens (tertiary/aromatic N) is 1. The van der Waals surface area contributed by atoms with Crippen molar-refractivity contribution in [2.45, 2.75) is 43.7 Å². The smallest absolute Gasteiger partial charge is 0.223 e. The highest BCUT2D eigenvalue weighted by Crippen LogP contribution is 2.56. The van der Waals surface area contributed by atoms with E-state index in [9.17, 15) is 9.90 Å². The molecule has 1 aliphatic carbocycles. The lowest BCUT2D eigenvalue weighted by Crippen LogP contribution is -2.52. The first-order valence-electron chi connectivity index (χ1n) is 6.80. The lowest BCUT2D eigenvalue weighted by molar-refractivity contribution is -0.136. The van der Waals surface area contributed by atoms with E-state index in [1.54, 1.807) is 6.26 Å². The molecule has 1 spiro atoms. The lowest BCUT2D eigenvalue weighted by atomic mass is 9.68. The van der Waals surface area contributed by atoms with Crippen LogP contribution in [0.1, 0.15) is 49.5 Å². The molecule has 0 aromatic carbocycles. The largest absolute Gasteiger partial charge is 0.466 e. The monoisotopic (exact) mass is 247 g/mol. The van der Waals surface area contributed by atoms with Gasteiger partial charge in [0.2, 0.25) is 5.91 Å². The Morgan fingerprint density at radius 3 is 3.22 bits per heavy atom. The highest BCUT2D eigenvalue weighted by molar-refractivity contribution is 5.81. The first-order valence-corrected chi connectivity index (χ1v) is 6.80. The highest BCUT2D eigenvalue weighted by atomic mass is 16.4. The van der Waals surface area contributed by atoms with Crippen LogP contribution in [0.15, 0.2) is 16.7 Å². The van der Waals surface area contributed by atoms with Crippen LogP contribution in [-0.2, 0) is 10.3 Å². The molecule has 0 radical (unpaired) electrons. The van der Waals surface area contributed by atoms with Gasteiger partial charge in [0, 0.05) is 12.0 Å². The molecular formula is C14H17NO3. The minimum absolute atomic E-state index is 0.170. The van der Waals surface area contributed by atoms with E-state index in [1.807, 2.05) is 11.0 Å². The van der Waals surface area contributed by atoms with E-state index < -0.39 is 6.10 Å². The second-order valence-electron chi connectivity index (χ2n) is 5.79. The first-order chi connectivity index (χ1) is 8.73. The van der Waals surface area contributed by atoms with E-state index in [-0.39, 0.29) is 11.4 Å². The molecule has 0 bridgehead atoms. The van der Waals surface area contributed by atoms with Crippen LogP contribution in [-0.4, -0.2) is 22.5 Å². The fraction of sp³-hybridized carbons (Fsp3) is 0.643. The Labute approximate surface area is 106 Å². The summed E-state index contributed by atoms with van der Waals surface area (Å²) in [6, 6.07) is 1.96. The number of carbonyl (C=O) groups excluding carboxylic acids is 1. The van der Waals surface area contributed by atoms with Gasteiger partial charge in [0.05, 0.1) is 18.3 Å². The summed E-state index contributed by atoms with van der Waals surface area (Å²) in [4.78, 5) is 14.2. The van der Waals surface area contributed by atoms with E-state index in [4.69, 9.17) is 4.42 Å². The molecule has 1 aromatic heterocycles. The van der Waals surface area contributed by atoms with Crippen LogP contribution < -0.4 is 0 Å². The van der Waals surface area contributed by atoms with E-state index in [2.05, 4.69) is 0 Å². The van der Waals surface area contributed by atoms with Crippen molar-refractivity contribution in [3.05, 3.63) is 23.7 Å². The van der Waals surface area contributed by atoms with E-state index in [0.717, 1.165) is 24.8 Å². The van der Waals surface area contributed by atoms with Gasteiger partial charge in [-0.1, -0.05) is 12.8 Å². The molecular weight excluding hydrogens is 230 g/mol. The molecule has 1 N–H and O–H groups in total. The van der Waals surface area contributed by atoms with Gasteiger partial charge in [-0.3, -0.25) is 4.79 Å². The maximum absolute atomic E-state index is 12.2. The van der Waals surface area contributed by atoms with Crippen molar-refractivity contribution < 1.29 is 14.3 Å². The van der Waals surface area contributed by atoms with Gasteiger partial charge in [-0.15, -0.1) is 0 Å². The number of carbonyl (C=O) groups is 1. The number of aliphatic hydroxyl groups is 1. The maximum atomic E-state index is 12.2. The SMILES string of the molecule is O=C1C[C@@H]2CCCC[C@@]23c2ccoc2[C@@H](O)CN13. The lowest BCUT2D eigenvalue weighted by Gasteiger charge is -2.48. The number of aliphatic hydroxyl groups excluding tert-OH is 1. The summed E-state index contributed by atoms with van der Waals surface area (Å²) in [6.07, 6.45) is 6.12. The zero-order valence-corrected chi connectivity index (χ0v) is 10.3. The van der Waals surface area contributed by atoms with Crippen molar-refractivity contribution in [2.75, 3.05) is 6.54 Å². The number of amides is 1. The predicted molar refractivity (Wildman–Crippen MR) is 63.6 cm³/mol. The standard InChI is InChI=1S/C14H17NO3/c16-11-8-15-12(17)7-9-3-1-2-5-14(9,15)10-4-6-18-13(10)11/h4,6,9,11,16H,1-3,5,7-8H2/t9-,11-,14-/m0/s1. The van der Waals surface area contributed by atoms with Crippen LogP contribution in [0.5, 0.6) is 0 Å². The van der Waals surface area contributed by atoms with Crippen molar-refractivity contribution in [3.8, 4) is 0 Å². The van der Waals surface area contributed by atoms with E-state index in [1.165, 1.54) is 6.42 Å². The third-order valence-corrected chi connectivity index (χ3v) is 5.06. The molecule has 2 aliphatic heterocycles. The van der Waals surface area contributed by atoms with Crippen LogP contribution in [0.2, 0.25) is 0 Å². The Kier molecular flexibility index (Phi) is 1.99. The minimum atomic E-state index is -0.662. The summed E-state index contributed by atoms with van der Waals surface area (Å²) in [5.74, 6) is 1.29. The zero-order chi connectivity index (χ0) is 12.3. The molecule has 1 saturated carbocycles. The van der Waals surface area contributed by atoms with Gasteiger partial charge in [-0.2, -0.15) is 0 Å². The molecule has 96 valence electrons. The topological polar surface area (TPSA) is 53.7 Å². The molecule has 4 nitrogen and oxygen atoms in total. The average molecular weight is 247 g/mol. The number of furan rings is 1. The number of fused-ring (bicyclic) bond motifs is 1. The van der Waals surface area contributed by atoms with Gasteiger partial charge >= 0.3 is 0 Å². The predicted octanol–water partition coefficient (Wildman–Crippen LogP) is 1.94. The summed E-state index contributed by atoms with van der Waals surface area (Å²) in [7, 11) is 0. The molecule has 3 aliphatic rings. The van der Waals surface area contributed by atoms with Crippen molar-refractivity contribution in [3.63, 3.8) is 0 Å². The van der Waals surface area contributed by atoms with Gasteiger partial charge in [0.1, 0.15) is 11.9 Å². The molecule has 3 heterocycles. The van der Waals surface area contributed by atoms with Crippen LogP contribution in [0, 0.1) is 5.92 Å². The van der Waals surface area contributed by atoms with Gasteiger partial charge in [-0.05, 0) is 24.8 Å². The Bertz CT molecular complexity index is 509. The Morgan fingerprint density at radius 1 is 1.44 bits per heavy atom. The second kappa shape index (κ2) is 3.38. The zero-order valence-electron chi connectivity index (χ0n) is 10.3. The van der Waals surface area contributed by atoms with Crippen molar-refractivity contribution in [2.24, 2.45) is 5.92 Å². The summed E-state index contributed by atoms with van der Waals surface area (Å²) < 4.78 is 5.47. The molecule has 0 unspecified atom stereocenters. The van der Waals surface area contributed by atoms with Crippen LogP contribution in [0.4, 0.5) is 0 Å². The molecule has 1 saturated heterocycles. The molecule has 2 fully saturated rings. The molecule has 3 atom stereocenters. The first kappa shape index (κ1) is 10.6. The fourth-order valence-electron chi connectivity index (χ4n) is 4.36. The van der Waals surface area contributed by atoms with Gasteiger partial charge in [0.15, 0.2) is 0 Å². The third-order valence-electron chi connectivity index (χ3n) is 5.06. The van der Waals surface area contributed by atoms with E-state index in [0.29, 0.717) is 24.6 Å².